The van der Waals surface area contributed by atoms with Crippen molar-refractivity contribution in [2.24, 2.45) is 0 Å². The number of hydrogen-bond acceptors (Lipinski definition) is 3. The molecule has 0 fully saturated rings. The van der Waals surface area contributed by atoms with Crippen LogP contribution in [-0.4, -0.2) is 21.3 Å². The zero-order chi connectivity index (χ0) is 11.5. The van der Waals surface area contributed by atoms with E-state index in [1.54, 1.807) is 0 Å². The lowest BCUT2D eigenvalue weighted by atomic mass is 10.1. The number of nitrogens with zero attached hydrogens (tertiary/aromatic N) is 2. The highest BCUT2D eigenvalue weighted by molar-refractivity contribution is 5.59. The van der Waals surface area contributed by atoms with Gasteiger partial charge < -0.3 is 4.74 Å². The van der Waals surface area contributed by atoms with E-state index in [2.05, 4.69) is 15.2 Å². The predicted molar refractivity (Wildman–Crippen MR) is 62.3 cm³/mol. The van der Waals surface area contributed by atoms with Crippen LogP contribution in [0.2, 0.25) is 0 Å². The molecule has 0 unspecified atom stereocenters. The van der Waals surface area contributed by atoms with E-state index in [-0.39, 0.29) is 6.10 Å². The number of aromatic nitrogens is 3. The van der Waals surface area contributed by atoms with Gasteiger partial charge in [-0.05, 0) is 26.3 Å². The Bertz CT molecular complexity index is 477. The third kappa shape index (κ3) is 2.21. The lowest BCUT2D eigenvalue weighted by Gasteiger charge is -2.03. The molecule has 0 aliphatic rings. The van der Waals surface area contributed by atoms with Crippen molar-refractivity contribution >= 4 is 0 Å². The summed E-state index contributed by atoms with van der Waals surface area (Å²) in [5.74, 6) is 0.744. The molecule has 0 saturated heterocycles. The number of ether oxygens (including phenoxy) is 1. The third-order valence-corrected chi connectivity index (χ3v) is 2.21. The second-order valence-electron chi connectivity index (χ2n) is 3.95. The number of hydrogen-bond donors (Lipinski definition) is 1. The fraction of sp³-hybridized carbons (Fsp3) is 0.333. The topological polar surface area (TPSA) is 50.8 Å². The molecule has 0 spiro atoms. The van der Waals surface area contributed by atoms with E-state index >= 15 is 0 Å². The summed E-state index contributed by atoms with van der Waals surface area (Å²) in [5, 5.41) is 6.90. The lowest BCUT2D eigenvalue weighted by molar-refractivity contribution is 0.223. The summed E-state index contributed by atoms with van der Waals surface area (Å²) in [7, 11) is 0. The molecule has 1 aromatic carbocycles. The van der Waals surface area contributed by atoms with Gasteiger partial charge >= 0.3 is 6.01 Å². The summed E-state index contributed by atoms with van der Waals surface area (Å²) >= 11 is 0. The highest BCUT2D eigenvalue weighted by Gasteiger charge is 2.09. The fourth-order valence-electron chi connectivity index (χ4n) is 1.47. The summed E-state index contributed by atoms with van der Waals surface area (Å²) in [6.45, 7) is 5.94. The predicted octanol–water partition coefficient (Wildman–Crippen LogP) is 2.57. The normalized spacial score (nSPS) is 10.8. The van der Waals surface area contributed by atoms with Gasteiger partial charge in [0.05, 0.1) is 6.10 Å². The van der Waals surface area contributed by atoms with Crippen LogP contribution in [0.3, 0.4) is 0 Å². The molecule has 0 aliphatic heterocycles. The Labute approximate surface area is 94.7 Å². The highest BCUT2D eigenvalue weighted by atomic mass is 16.5. The van der Waals surface area contributed by atoms with Crippen LogP contribution in [0.4, 0.5) is 0 Å². The van der Waals surface area contributed by atoms with Gasteiger partial charge in [-0.2, -0.15) is 4.98 Å². The van der Waals surface area contributed by atoms with Gasteiger partial charge in [-0.3, -0.25) is 5.10 Å². The maximum absolute atomic E-state index is 5.40. The molecule has 84 valence electrons. The Hall–Kier alpha value is -1.84. The largest absolute Gasteiger partial charge is 0.460 e. The zero-order valence-electron chi connectivity index (χ0n) is 9.69. The van der Waals surface area contributed by atoms with Crippen molar-refractivity contribution < 1.29 is 4.74 Å². The van der Waals surface area contributed by atoms with Crippen molar-refractivity contribution in [2.75, 3.05) is 0 Å². The molecule has 1 aromatic heterocycles. The van der Waals surface area contributed by atoms with Crippen molar-refractivity contribution in [1.29, 1.82) is 0 Å². The monoisotopic (exact) mass is 217 g/mol. The molecule has 4 nitrogen and oxygen atoms in total. The van der Waals surface area contributed by atoms with E-state index in [4.69, 9.17) is 4.74 Å². The molecule has 2 aromatic rings. The second-order valence-corrected chi connectivity index (χ2v) is 3.95. The van der Waals surface area contributed by atoms with Gasteiger partial charge in [0, 0.05) is 5.56 Å². The van der Waals surface area contributed by atoms with Gasteiger partial charge in [-0.15, -0.1) is 5.10 Å². The van der Waals surface area contributed by atoms with E-state index in [0.717, 1.165) is 17.0 Å². The first-order valence-corrected chi connectivity index (χ1v) is 5.32. The van der Waals surface area contributed by atoms with Crippen LogP contribution in [0, 0.1) is 6.92 Å². The minimum atomic E-state index is 0.0838. The van der Waals surface area contributed by atoms with Crippen LogP contribution >= 0.6 is 0 Å². The number of aromatic amines is 1. The molecule has 0 bridgehead atoms. The molecular weight excluding hydrogens is 202 g/mol. The van der Waals surface area contributed by atoms with Crippen LogP contribution in [0.15, 0.2) is 24.3 Å². The average Bonchev–Trinajstić information content (AvgIpc) is 2.66. The molecule has 0 atom stereocenters. The van der Waals surface area contributed by atoms with Crippen LogP contribution in [0.25, 0.3) is 11.4 Å². The number of rotatable bonds is 3. The fourth-order valence-corrected chi connectivity index (χ4v) is 1.47. The quantitative estimate of drug-likeness (QED) is 0.859. The average molecular weight is 217 g/mol. The lowest BCUT2D eigenvalue weighted by Crippen LogP contribution is -2.06. The van der Waals surface area contributed by atoms with Gasteiger partial charge in [-0.25, -0.2) is 0 Å². The summed E-state index contributed by atoms with van der Waals surface area (Å²) in [5.41, 5.74) is 2.21. The van der Waals surface area contributed by atoms with Crippen molar-refractivity contribution in [3.05, 3.63) is 29.8 Å². The van der Waals surface area contributed by atoms with E-state index in [1.807, 2.05) is 45.0 Å². The SMILES string of the molecule is Cc1ccccc1-c1nc(OC(C)C)n[nH]1. The molecule has 1 N–H and O–H groups in total. The molecule has 0 saturated carbocycles. The molecule has 4 heteroatoms. The maximum atomic E-state index is 5.40. The smallest absolute Gasteiger partial charge is 0.336 e. The molecule has 16 heavy (non-hydrogen) atoms. The Morgan fingerprint density at radius 1 is 1.25 bits per heavy atom. The van der Waals surface area contributed by atoms with Gasteiger partial charge in [-0.1, -0.05) is 24.3 Å². The van der Waals surface area contributed by atoms with Gasteiger partial charge in [0.1, 0.15) is 0 Å². The molecule has 1 heterocycles. The van der Waals surface area contributed by atoms with Crippen LogP contribution < -0.4 is 4.74 Å². The Balaban J connectivity index is 2.28. The summed E-state index contributed by atoms with van der Waals surface area (Å²) in [6.07, 6.45) is 0.0838. The van der Waals surface area contributed by atoms with E-state index in [0.29, 0.717) is 6.01 Å². The van der Waals surface area contributed by atoms with Crippen LogP contribution in [0.5, 0.6) is 6.01 Å². The first-order valence-electron chi connectivity index (χ1n) is 5.32. The third-order valence-electron chi connectivity index (χ3n) is 2.21. The van der Waals surface area contributed by atoms with Crippen molar-refractivity contribution in [3.8, 4) is 17.4 Å². The summed E-state index contributed by atoms with van der Waals surface area (Å²) < 4.78 is 5.40. The number of nitrogens with one attached hydrogen (secondary N) is 1. The Morgan fingerprint density at radius 3 is 2.69 bits per heavy atom. The molecule has 0 amide bonds. The Morgan fingerprint density at radius 2 is 2.00 bits per heavy atom. The highest BCUT2D eigenvalue weighted by Crippen LogP contribution is 2.20. The van der Waals surface area contributed by atoms with E-state index in [1.165, 1.54) is 0 Å². The first-order chi connectivity index (χ1) is 7.66. The van der Waals surface area contributed by atoms with Crippen molar-refractivity contribution in [1.82, 2.24) is 15.2 Å². The van der Waals surface area contributed by atoms with Crippen molar-refractivity contribution in [3.63, 3.8) is 0 Å². The molecule has 2 rings (SSSR count). The van der Waals surface area contributed by atoms with Gasteiger partial charge in [0.2, 0.25) is 0 Å². The zero-order valence-corrected chi connectivity index (χ0v) is 9.69. The minimum absolute atomic E-state index is 0.0838. The van der Waals surface area contributed by atoms with E-state index < -0.39 is 0 Å². The number of aryl methyl sites for hydroxylation is 1. The number of benzene rings is 1. The van der Waals surface area contributed by atoms with Gasteiger partial charge in [0.15, 0.2) is 5.82 Å². The van der Waals surface area contributed by atoms with Crippen LogP contribution in [-0.2, 0) is 0 Å². The molecular formula is C12H15N3O. The van der Waals surface area contributed by atoms with Crippen molar-refractivity contribution in [2.45, 2.75) is 26.9 Å². The molecule has 0 radical (unpaired) electrons. The second kappa shape index (κ2) is 4.35. The van der Waals surface area contributed by atoms with E-state index in [9.17, 15) is 0 Å². The summed E-state index contributed by atoms with van der Waals surface area (Å²) in [4.78, 5) is 4.29. The molecule has 0 aliphatic carbocycles. The van der Waals surface area contributed by atoms with Gasteiger partial charge in [0.25, 0.3) is 0 Å². The minimum Gasteiger partial charge on any atom is -0.460 e. The standard InChI is InChI=1S/C12H15N3O/c1-8(2)16-12-13-11(14-15-12)10-7-5-4-6-9(10)3/h4-8H,1-3H3,(H,13,14,15). The maximum Gasteiger partial charge on any atom is 0.336 e. The van der Waals surface area contributed by atoms with Crippen LogP contribution in [0.1, 0.15) is 19.4 Å². The number of H-pyrrole nitrogens is 1. The summed E-state index contributed by atoms with van der Waals surface area (Å²) in [6, 6.07) is 8.43. The Kier molecular flexibility index (Phi) is 2.90. The first kappa shape index (κ1) is 10.7.